The first-order chi connectivity index (χ1) is 18.0. The van der Waals surface area contributed by atoms with Gasteiger partial charge in [-0.05, 0) is 32.1 Å². The zero-order valence-electron chi connectivity index (χ0n) is 22.7. The molecule has 0 aliphatic carbocycles. The van der Waals surface area contributed by atoms with Crippen molar-refractivity contribution in [3.05, 3.63) is 12.2 Å². The summed E-state index contributed by atoms with van der Waals surface area (Å²) in [6.07, 6.45) is 17.8. The number of ether oxygens (including phenoxy) is 1. The number of hydrogen-bond donors (Lipinski definition) is 6. The molecule has 6 N–H and O–H groups in total. The predicted molar refractivity (Wildman–Crippen MR) is 141 cm³/mol. The summed E-state index contributed by atoms with van der Waals surface area (Å²) >= 11 is 0. The second-order valence-corrected chi connectivity index (χ2v) is 9.33. The van der Waals surface area contributed by atoms with Crippen LogP contribution in [0.5, 0.6) is 0 Å². The van der Waals surface area contributed by atoms with Crippen molar-refractivity contribution in [3.8, 4) is 0 Å². The first-order valence-electron chi connectivity index (χ1n) is 13.5. The molecule has 11 heteroatoms. The van der Waals surface area contributed by atoms with Crippen molar-refractivity contribution in [1.82, 2.24) is 0 Å². The smallest absolute Gasteiger partial charge is 0.336 e. The standard InChI is InChI=1S/C21H40O4.C6H8O7/c1-2-3-4-5-6-7-8-9-10-11-12-13-14-15-16-17-21(24)25-19-20(23)18-22;7-3(8)1-6(13,5(11)12)2-4(9)10/h9-10,20,22-23H,2-8,11-19H2,1H3;13H,1-2H2,(H,7,8)(H,9,10)(H,11,12)/b10-9-;. The molecule has 0 saturated heterocycles. The van der Waals surface area contributed by atoms with Gasteiger partial charge >= 0.3 is 23.9 Å². The average molecular weight is 549 g/mol. The summed E-state index contributed by atoms with van der Waals surface area (Å²) in [5.74, 6) is -5.31. The average Bonchev–Trinajstić information content (AvgIpc) is 2.84. The molecule has 0 aromatic rings. The Morgan fingerprint density at radius 1 is 0.763 bits per heavy atom. The van der Waals surface area contributed by atoms with Gasteiger partial charge in [-0.1, -0.05) is 70.4 Å². The topological polar surface area (TPSA) is 199 Å². The van der Waals surface area contributed by atoms with E-state index in [0.29, 0.717) is 6.42 Å². The fourth-order valence-corrected chi connectivity index (χ4v) is 3.37. The minimum Gasteiger partial charge on any atom is -0.481 e. The first kappa shape index (κ1) is 37.7. The van der Waals surface area contributed by atoms with Crippen LogP contribution >= 0.6 is 0 Å². The fourth-order valence-electron chi connectivity index (χ4n) is 3.37. The van der Waals surface area contributed by atoms with Crippen molar-refractivity contribution in [2.45, 2.75) is 121 Å². The molecular formula is C27H48O11. The third-order valence-corrected chi connectivity index (χ3v) is 5.58. The number of carbonyl (C=O) groups is 4. The largest absolute Gasteiger partial charge is 0.481 e. The highest BCUT2D eigenvalue weighted by Gasteiger charge is 2.40. The van der Waals surface area contributed by atoms with Gasteiger partial charge in [0.1, 0.15) is 12.7 Å². The molecule has 0 amide bonds. The molecule has 222 valence electrons. The van der Waals surface area contributed by atoms with Crippen LogP contribution in [0.15, 0.2) is 12.2 Å². The predicted octanol–water partition coefficient (Wildman–Crippen LogP) is 3.67. The number of allylic oxidation sites excluding steroid dienone is 2. The molecule has 0 radical (unpaired) electrons. The second-order valence-electron chi connectivity index (χ2n) is 9.33. The molecule has 1 atom stereocenters. The Hall–Kier alpha value is -2.50. The molecule has 38 heavy (non-hydrogen) atoms. The Morgan fingerprint density at radius 3 is 1.63 bits per heavy atom. The van der Waals surface area contributed by atoms with Crippen LogP contribution < -0.4 is 0 Å². The molecule has 0 spiro atoms. The van der Waals surface area contributed by atoms with Gasteiger partial charge in [0, 0.05) is 6.42 Å². The third-order valence-electron chi connectivity index (χ3n) is 5.58. The summed E-state index contributed by atoms with van der Waals surface area (Å²) in [6, 6.07) is 0. The van der Waals surface area contributed by atoms with Crippen molar-refractivity contribution >= 4 is 23.9 Å². The number of aliphatic hydroxyl groups is 3. The lowest BCUT2D eigenvalue weighted by Gasteiger charge is -2.18. The van der Waals surface area contributed by atoms with E-state index in [9.17, 15) is 19.2 Å². The highest BCUT2D eigenvalue weighted by molar-refractivity contribution is 5.88. The molecule has 0 rings (SSSR count). The van der Waals surface area contributed by atoms with Crippen molar-refractivity contribution in [2.75, 3.05) is 13.2 Å². The number of rotatable bonds is 23. The maximum atomic E-state index is 11.4. The van der Waals surface area contributed by atoms with Gasteiger partial charge in [0.05, 0.1) is 19.4 Å². The van der Waals surface area contributed by atoms with E-state index >= 15 is 0 Å². The summed E-state index contributed by atoms with van der Waals surface area (Å²) < 4.78 is 4.86. The molecular weight excluding hydrogens is 500 g/mol. The lowest BCUT2D eigenvalue weighted by atomic mass is 9.96. The summed E-state index contributed by atoms with van der Waals surface area (Å²) in [5.41, 5.74) is -2.74. The number of unbranched alkanes of at least 4 members (excludes halogenated alkanes) is 11. The Labute approximate surface area is 225 Å². The van der Waals surface area contributed by atoms with Crippen LogP contribution in [-0.2, 0) is 23.9 Å². The quantitative estimate of drug-likeness (QED) is 0.0618. The molecule has 0 fully saturated rings. The van der Waals surface area contributed by atoms with E-state index in [2.05, 4.69) is 19.1 Å². The van der Waals surface area contributed by atoms with Crippen LogP contribution in [0, 0.1) is 0 Å². The number of carboxylic acid groups (broad SMARTS) is 3. The number of aliphatic hydroxyl groups excluding tert-OH is 2. The minimum atomic E-state index is -2.74. The lowest BCUT2D eigenvalue weighted by molar-refractivity contribution is -0.170. The number of esters is 1. The van der Waals surface area contributed by atoms with E-state index < -0.39 is 42.5 Å². The lowest BCUT2D eigenvalue weighted by Crippen LogP contribution is -2.42. The number of hydrogen-bond acceptors (Lipinski definition) is 8. The SMILES string of the molecule is CCCCCCCC/C=C\CCCCCCCC(=O)OCC(O)CO.O=C(O)CC(O)(CC(=O)O)C(=O)O. The van der Waals surface area contributed by atoms with Crippen LogP contribution in [0.1, 0.15) is 110 Å². The molecule has 0 bridgehead atoms. The Bertz CT molecular complexity index is 660. The van der Waals surface area contributed by atoms with E-state index in [-0.39, 0.29) is 19.2 Å². The highest BCUT2D eigenvalue weighted by Crippen LogP contribution is 2.15. The molecule has 0 aliphatic heterocycles. The van der Waals surface area contributed by atoms with E-state index in [1.165, 1.54) is 57.8 Å². The van der Waals surface area contributed by atoms with Gasteiger partial charge in [0.25, 0.3) is 0 Å². The fraction of sp³-hybridized carbons (Fsp3) is 0.778. The Kier molecular flexibility index (Phi) is 24.6. The van der Waals surface area contributed by atoms with E-state index in [1.807, 2.05) is 0 Å². The van der Waals surface area contributed by atoms with Crippen molar-refractivity contribution in [3.63, 3.8) is 0 Å². The summed E-state index contributed by atoms with van der Waals surface area (Å²) in [7, 11) is 0. The summed E-state index contributed by atoms with van der Waals surface area (Å²) in [6.45, 7) is 1.77. The van der Waals surface area contributed by atoms with Crippen LogP contribution in [0.25, 0.3) is 0 Å². The maximum absolute atomic E-state index is 11.4. The van der Waals surface area contributed by atoms with Gasteiger partial charge < -0.3 is 35.4 Å². The maximum Gasteiger partial charge on any atom is 0.336 e. The molecule has 0 aliphatic rings. The van der Waals surface area contributed by atoms with Crippen LogP contribution in [0.3, 0.4) is 0 Å². The monoisotopic (exact) mass is 548 g/mol. The van der Waals surface area contributed by atoms with Gasteiger partial charge in [-0.15, -0.1) is 0 Å². The van der Waals surface area contributed by atoms with Crippen LogP contribution in [-0.4, -0.2) is 79.4 Å². The first-order valence-corrected chi connectivity index (χ1v) is 13.5. The Balaban J connectivity index is 0. The van der Waals surface area contributed by atoms with E-state index in [1.54, 1.807) is 0 Å². The molecule has 1 unspecified atom stereocenters. The molecule has 11 nitrogen and oxygen atoms in total. The molecule has 0 aromatic heterocycles. The van der Waals surface area contributed by atoms with Crippen LogP contribution in [0.4, 0.5) is 0 Å². The zero-order chi connectivity index (χ0) is 29.2. The van der Waals surface area contributed by atoms with Gasteiger partial charge in [-0.3, -0.25) is 14.4 Å². The minimum absolute atomic E-state index is 0.111. The summed E-state index contributed by atoms with van der Waals surface area (Å²) in [4.78, 5) is 41.9. The molecule has 0 heterocycles. The highest BCUT2D eigenvalue weighted by atomic mass is 16.5. The molecule has 0 saturated carbocycles. The summed E-state index contributed by atoms with van der Waals surface area (Å²) in [5, 5.41) is 51.5. The third kappa shape index (κ3) is 25.2. The van der Waals surface area contributed by atoms with Crippen molar-refractivity contribution < 1.29 is 54.6 Å². The van der Waals surface area contributed by atoms with Gasteiger partial charge in [-0.25, -0.2) is 4.79 Å². The number of carboxylic acids is 3. The number of carbonyl (C=O) groups excluding carboxylic acids is 1. The zero-order valence-corrected chi connectivity index (χ0v) is 22.7. The second kappa shape index (κ2) is 24.8. The van der Waals surface area contributed by atoms with Crippen molar-refractivity contribution in [2.24, 2.45) is 0 Å². The molecule has 0 aromatic carbocycles. The Morgan fingerprint density at radius 2 is 1.21 bits per heavy atom. The van der Waals surface area contributed by atoms with Crippen LogP contribution in [0.2, 0.25) is 0 Å². The van der Waals surface area contributed by atoms with Gasteiger partial charge in [0.15, 0.2) is 5.60 Å². The van der Waals surface area contributed by atoms with Gasteiger partial charge in [-0.2, -0.15) is 0 Å². The number of aliphatic carboxylic acids is 3. The van der Waals surface area contributed by atoms with E-state index in [0.717, 1.165) is 25.7 Å². The van der Waals surface area contributed by atoms with Crippen molar-refractivity contribution in [1.29, 1.82) is 0 Å². The normalized spacial score (nSPS) is 12.0. The van der Waals surface area contributed by atoms with Gasteiger partial charge in [0.2, 0.25) is 0 Å². The van der Waals surface area contributed by atoms with E-state index in [4.69, 9.17) is 35.4 Å².